The van der Waals surface area contributed by atoms with Gasteiger partial charge in [-0.15, -0.1) is 11.8 Å². The van der Waals surface area contributed by atoms with Gasteiger partial charge in [0, 0.05) is 16.4 Å². The highest BCUT2D eigenvalue weighted by molar-refractivity contribution is 7.98. The third-order valence-corrected chi connectivity index (χ3v) is 10.8. The maximum absolute atomic E-state index is 12.7. The summed E-state index contributed by atoms with van der Waals surface area (Å²) in [6.07, 6.45) is 1.56. The molecule has 9 heteroatoms. The first-order chi connectivity index (χ1) is 18.3. The van der Waals surface area contributed by atoms with E-state index < -0.39 is 36.8 Å². The molecule has 1 N–H and O–H groups in total. The minimum absolute atomic E-state index is 0.00966. The maximum atomic E-state index is 12.7. The van der Waals surface area contributed by atoms with Crippen molar-refractivity contribution in [2.24, 2.45) is 5.92 Å². The van der Waals surface area contributed by atoms with Crippen molar-refractivity contribution in [1.82, 2.24) is 0 Å². The Morgan fingerprint density at radius 3 is 2.00 bits per heavy atom. The Hall–Kier alpha value is -0.759. The van der Waals surface area contributed by atoms with Crippen LogP contribution in [0.4, 0.5) is 0 Å². The number of aryl methyl sites for hydroxylation is 1. The second-order valence-corrected chi connectivity index (χ2v) is 28.5. The SMILES string of the molecule is CSc1ccc(Cc2cc([C@]3(O)O[C@H](CO[Si](C)(C)C)[C@@H](C)[C@H](O[Si](C)(C)C)[C@H]3O[Si](C)(C)C)ccc2C)cc1. The summed E-state index contributed by atoms with van der Waals surface area (Å²) in [5, 5.41) is 12.7. The summed E-state index contributed by atoms with van der Waals surface area (Å²) < 4.78 is 26.7. The first kappa shape index (κ1) is 33.7. The normalized spacial score (nSPS) is 26.2. The third kappa shape index (κ3) is 9.12. The largest absolute Gasteiger partial charge is 0.415 e. The van der Waals surface area contributed by atoms with E-state index in [1.165, 1.54) is 16.0 Å². The Labute approximate surface area is 250 Å². The summed E-state index contributed by atoms with van der Waals surface area (Å²) >= 11 is 1.74. The van der Waals surface area contributed by atoms with Crippen LogP contribution in [0, 0.1) is 12.8 Å². The number of aliphatic hydroxyl groups is 1. The highest BCUT2D eigenvalue weighted by Crippen LogP contribution is 2.44. The van der Waals surface area contributed by atoms with Gasteiger partial charge in [-0.25, -0.2) is 0 Å². The molecule has 2 aromatic rings. The summed E-state index contributed by atoms with van der Waals surface area (Å²) in [7, 11) is -5.92. The van der Waals surface area contributed by atoms with Crippen molar-refractivity contribution in [3.63, 3.8) is 0 Å². The van der Waals surface area contributed by atoms with Gasteiger partial charge < -0.3 is 23.1 Å². The molecule has 1 heterocycles. The van der Waals surface area contributed by atoms with Crippen LogP contribution in [-0.2, 0) is 30.2 Å². The van der Waals surface area contributed by atoms with Crippen LogP contribution < -0.4 is 0 Å². The molecule has 2 aromatic carbocycles. The van der Waals surface area contributed by atoms with Crippen LogP contribution in [-0.4, -0.2) is 61.2 Å². The van der Waals surface area contributed by atoms with E-state index in [-0.39, 0.29) is 18.1 Å². The van der Waals surface area contributed by atoms with Gasteiger partial charge in [0.15, 0.2) is 25.0 Å². The molecule has 1 saturated heterocycles. The molecule has 0 aliphatic carbocycles. The number of hydrogen-bond donors (Lipinski definition) is 1. The van der Waals surface area contributed by atoms with E-state index in [4.69, 9.17) is 18.0 Å². The molecule has 5 nitrogen and oxygen atoms in total. The molecule has 1 fully saturated rings. The van der Waals surface area contributed by atoms with Gasteiger partial charge in [0.1, 0.15) is 6.10 Å². The Morgan fingerprint density at radius 2 is 1.48 bits per heavy atom. The molecule has 1 aliphatic heterocycles. The standard InChI is InChI=1S/C31H52O5SSi3/c1-22-13-16-26(20-25(22)19-24-14-17-27(37-3)18-15-24)31(32)30(36-40(10,11)12)29(35-39(7,8)9)23(2)28(34-31)21-33-38(4,5)6/h13-18,20,23,28-30,32H,19,21H2,1-12H3/t23-,28-,29+,30-,31+/m1/s1. The summed E-state index contributed by atoms with van der Waals surface area (Å²) in [4.78, 5) is 1.25. The molecule has 0 amide bonds. The van der Waals surface area contributed by atoms with Crippen LogP contribution in [0.5, 0.6) is 0 Å². The summed E-state index contributed by atoms with van der Waals surface area (Å²) in [5.74, 6) is -1.68. The average molecular weight is 621 g/mol. The Morgan fingerprint density at radius 1 is 0.875 bits per heavy atom. The average Bonchev–Trinajstić information content (AvgIpc) is 2.82. The molecule has 0 spiro atoms. The van der Waals surface area contributed by atoms with Crippen LogP contribution in [0.2, 0.25) is 58.9 Å². The molecular weight excluding hydrogens is 569 g/mol. The second-order valence-electron chi connectivity index (χ2n) is 14.1. The van der Waals surface area contributed by atoms with E-state index in [9.17, 15) is 5.11 Å². The van der Waals surface area contributed by atoms with Crippen LogP contribution in [0.1, 0.15) is 29.2 Å². The van der Waals surface area contributed by atoms with Crippen molar-refractivity contribution in [2.75, 3.05) is 12.9 Å². The highest BCUT2D eigenvalue weighted by atomic mass is 32.2. The fraction of sp³-hybridized carbons (Fsp3) is 0.613. The lowest BCUT2D eigenvalue weighted by atomic mass is 9.82. The topological polar surface area (TPSA) is 57.2 Å². The Bertz CT molecular complexity index is 1120. The van der Waals surface area contributed by atoms with Gasteiger partial charge >= 0.3 is 0 Å². The number of rotatable bonds is 11. The maximum Gasteiger partial charge on any atom is 0.221 e. The van der Waals surface area contributed by atoms with E-state index in [2.05, 4.69) is 115 Å². The van der Waals surface area contributed by atoms with Crippen LogP contribution in [0.3, 0.4) is 0 Å². The zero-order valence-corrected chi connectivity index (χ0v) is 30.6. The molecule has 0 saturated carbocycles. The van der Waals surface area contributed by atoms with E-state index in [0.29, 0.717) is 12.2 Å². The Kier molecular flexibility index (Phi) is 10.8. The molecule has 224 valence electrons. The van der Waals surface area contributed by atoms with Crippen LogP contribution >= 0.6 is 11.8 Å². The zero-order chi connectivity index (χ0) is 30.1. The molecule has 0 bridgehead atoms. The van der Waals surface area contributed by atoms with Crippen molar-refractivity contribution in [1.29, 1.82) is 0 Å². The van der Waals surface area contributed by atoms with E-state index in [1.54, 1.807) is 11.8 Å². The van der Waals surface area contributed by atoms with Crippen molar-refractivity contribution < 1.29 is 23.1 Å². The van der Waals surface area contributed by atoms with Gasteiger partial charge in [-0.3, -0.25) is 0 Å². The first-order valence-electron chi connectivity index (χ1n) is 14.4. The summed E-state index contributed by atoms with van der Waals surface area (Å²) in [6.45, 7) is 24.3. The van der Waals surface area contributed by atoms with Crippen molar-refractivity contribution >= 4 is 36.7 Å². The second kappa shape index (κ2) is 12.9. The molecule has 1 aliphatic rings. The highest BCUT2D eigenvalue weighted by Gasteiger charge is 2.56. The first-order valence-corrected chi connectivity index (χ1v) is 25.9. The number of benzene rings is 2. The number of thioether (sulfide) groups is 1. The van der Waals surface area contributed by atoms with Gasteiger partial charge in [0.2, 0.25) is 5.79 Å². The summed E-state index contributed by atoms with van der Waals surface area (Å²) in [6, 6.07) is 14.9. The van der Waals surface area contributed by atoms with Gasteiger partial charge in [-0.2, -0.15) is 0 Å². The van der Waals surface area contributed by atoms with Crippen molar-refractivity contribution in [2.45, 2.75) is 108 Å². The molecule has 5 atom stereocenters. The predicted molar refractivity (Wildman–Crippen MR) is 176 cm³/mol. The smallest absolute Gasteiger partial charge is 0.221 e. The van der Waals surface area contributed by atoms with Gasteiger partial charge in [0.05, 0.1) is 18.8 Å². The fourth-order valence-electron chi connectivity index (χ4n) is 5.02. The van der Waals surface area contributed by atoms with E-state index in [1.807, 2.05) is 6.07 Å². The summed E-state index contributed by atoms with van der Waals surface area (Å²) in [5.41, 5.74) is 4.29. The lowest BCUT2D eigenvalue weighted by molar-refractivity contribution is -0.341. The molecular formula is C31H52O5SSi3. The van der Waals surface area contributed by atoms with Crippen molar-refractivity contribution in [3.05, 3.63) is 64.7 Å². The third-order valence-electron chi connectivity index (χ3n) is 7.09. The zero-order valence-electron chi connectivity index (χ0n) is 26.8. The molecule has 40 heavy (non-hydrogen) atoms. The molecule has 0 radical (unpaired) electrons. The van der Waals surface area contributed by atoms with Gasteiger partial charge in [0.25, 0.3) is 0 Å². The van der Waals surface area contributed by atoms with Gasteiger partial charge in [-0.1, -0.05) is 31.2 Å². The number of hydrogen-bond acceptors (Lipinski definition) is 6. The van der Waals surface area contributed by atoms with E-state index in [0.717, 1.165) is 12.0 Å². The Balaban J connectivity index is 2.10. The minimum Gasteiger partial charge on any atom is -0.415 e. The van der Waals surface area contributed by atoms with Crippen LogP contribution in [0.25, 0.3) is 0 Å². The minimum atomic E-state index is -2.11. The quantitative estimate of drug-likeness (QED) is 0.205. The van der Waals surface area contributed by atoms with E-state index >= 15 is 0 Å². The number of ether oxygens (including phenoxy) is 1. The molecule has 0 aromatic heterocycles. The fourth-order valence-corrected chi connectivity index (χ4v) is 8.30. The van der Waals surface area contributed by atoms with Crippen LogP contribution in [0.15, 0.2) is 47.4 Å². The predicted octanol–water partition coefficient (Wildman–Crippen LogP) is 7.78. The lowest BCUT2D eigenvalue weighted by Crippen LogP contribution is -2.65. The monoisotopic (exact) mass is 620 g/mol. The molecule has 3 rings (SSSR count). The van der Waals surface area contributed by atoms with Crippen molar-refractivity contribution in [3.8, 4) is 0 Å². The lowest BCUT2D eigenvalue weighted by Gasteiger charge is -2.53. The molecule has 0 unspecified atom stereocenters. The van der Waals surface area contributed by atoms with Gasteiger partial charge in [-0.05, 0) is 113 Å².